The summed E-state index contributed by atoms with van der Waals surface area (Å²) in [5.74, 6) is 0. The molecule has 2 amide bonds. The highest BCUT2D eigenvalue weighted by Crippen LogP contribution is 2.28. The predicted octanol–water partition coefficient (Wildman–Crippen LogP) is 4.34. The van der Waals surface area contributed by atoms with Crippen LogP contribution >= 0.6 is 0 Å². The minimum atomic E-state index is -0.156. The Kier molecular flexibility index (Phi) is 5.71. The van der Waals surface area contributed by atoms with Crippen molar-refractivity contribution in [3.05, 3.63) is 65.7 Å². The molecule has 0 aliphatic carbocycles. The third kappa shape index (κ3) is 4.60. The molecule has 0 bridgehead atoms. The van der Waals surface area contributed by atoms with E-state index in [1.807, 2.05) is 37.3 Å². The smallest absolute Gasteiger partial charge is 0.319 e. The molecule has 2 aromatic carbocycles. The summed E-state index contributed by atoms with van der Waals surface area (Å²) in [5.41, 5.74) is 3.25. The standard InChI is InChI=1S/C21H27N3O/c1-16-10-12-19(13-11-16)23-21(25)22-17(2)20(24-14-6-7-15-24)18-8-4-3-5-9-18/h3-5,8-13,17,20H,6-7,14-15H2,1-2H3,(H2,22,23,25)/t17-,20+/m0/s1. The van der Waals surface area contributed by atoms with Crippen LogP contribution in [0.3, 0.4) is 0 Å². The predicted molar refractivity (Wildman–Crippen MR) is 103 cm³/mol. The molecular formula is C21H27N3O. The van der Waals surface area contributed by atoms with E-state index >= 15 is 0 Å². The van der Waals surface area contributed by atoms with E-state index in [2.05, 4.69) is 46.7 Å². The van der Waals surface area contributed by atoms with Gasteiger partial charge in [-0.1, -0.05) is 48.0 Å². The van der Waals surface area contributed by atoms with Crippen molar-refractivity contribution >= 4 is 11.7 Å². The lowest BCUT2D eigenvalue weighted by Crippen LogP contribution is -2.45. The highest BCUT2D eigenvalue weighted by atomic mass is 16.2. The maximum atomic E-state index is 12.4. The van der Waals surface area contributed by atoms with Gasteiger partial charge in [-0.25, -0.2) is 4.79 Å². The molecule has 4 nitrogen and oxygen atoms in total. The number of nitrogens with one attached hydrogen (secondary N) is 2. The number of amides is 2. The SMILES string of the molecule is Cc1ccc(NC(=O)N[C@@H](C)[C@H](c2ccccc2)N2CCCC2)cc1. The van der Waals surface area contributed by atoms with Crippen molar-refractivity contribution in [3.63, 3.8) is 0 Å². The number of carbonyl (C=O) groups is 1. The Morgan fingerprint density at radius 1 is 1.00 bits per heavy atom. The molecular weight excluding hydrogens is 310 g/mol. The van der Waals surface area contributed by atoms with Crippen LogP contribution in [0.1, 0.15) is 36.9 Å². The van der Waals surface area contributed by atoms with Gasteiger partial charge in [0.05, 0.1) is 6.04 Å². The quantitative estimate of drug-likeness (QED) is 0.852. The van der Waals surface area contributed by atoms with Gasteiger partial charge in [-0.15, -0.1) is 0 Å². The van der Waals surface area contributed by atoms with Gasteiger partial charge < -0.3 is 10.6 Å². The van der Waals surface area contributed by atoms with Gasteiger partial charge in [0, 0.05) is 11.7 Å². The van der Waals surface area contributed by atoms with Gasteiger partial charge >= 0.3 is 6.03 Å². The van der Waals surface area contributed by atoms with E-state index in [0.29, 0.717) is 0 Å². The van der Waals surface area contributed by atoms with Gasteiger partial charge in [0.1, 0.15) is 0 Å². The molecule has 1 aliphatic rings. The second-order valence-corrected chi connectivity index (χ2v) is 6.85. The molecule has 3 rings (SSSR count). The molecule has 25 heavy (non-hydrogen) atoms. The van der Waals surface area contributed by atoms with Gasteiger partial charge in [-0.05, 0) is 57.5 Å². The van der Waals surface area contributed by atoms with E-state index < -0.39 is 0 Å². The van der Waals surface area contributed by atoms with Crippen LogP contribution in [0.25, 0.3) is 0 Å². The number of aryl methyl sites for hydroxylation is 1. The molecule has 1 aliphatic heterocycles. The van der Waals surface area contributed by atoms with Crippen LogP contribution in [0.15, 0.2) is 54.6 Å². The largest absolute Gasteiger partial charge is 0.333 e. The summed E-state index contributed by atoms with van der Waals surface area (Å²) in [7, 11) is 0. The van der Waals surface area contributed by atoms with Crippen molar-refractivity contribution in [1.82, 2.24) is 10.2 Å². The summed E-state index contributed by atoms with van der Waals surface area (Å²) in [6.07, 6.45) is 2.46. The molecule has 0 saturated carbocycles. The molecule has 2 atom stereocenters. The van der Waals surface area contributed by atoms with Crippen molar-refractivity contribution in [2.24, 2.45) is 0 Å². The molecule has 0 radical (unpaired) electrons. The van der Waals surface area contributed by atoms with Gasteiger partial charge in [-0.3, -0.25) is 4.90 Å². The van der Waals surface area contributed by atoms with Crippen molar-refractivity contribution in [2.75, 3.05) is 18.4 Å². The fraction of sp³-hybridized carbons (Fsp3) is 0.381. The van der Waals surface area contributed by atoms with E-state index in [-0.39, 0.29) is 18.1 Å². The lowest BCUT2D eigenvalue weighted by Gasteiger charge is -2.33. The topological polar surface area (TPSA) is 44.4 Å². The van der Waals surface area contributed by atoms with E-state index in [9.17, 15) is 4.79 Å². The monoisotopic (exact) mass is 337 g/mol. The maximum Gasteiger partial charge on any atom is 0.319 e. The van der Waals surface area contributed by atoms with E-state index in [1.165, 1.54) is 24.0 Å². The summed E-state index contributed by atoms with van der Waals surface area (Å²) in [5, 5.41) is 6.06. The number of carbonyl (C=O) groups excluding carboxylic acids is 1. The first kappa shape index (κ1) is 17.5. The Hall–Kier alpha value is -2.33. The summed E-state index contributed by atoms with van der Waals surface area (Å²) in [4.78, 5) is 14.9. The lowest BCUT2D eigenvalue weighted by molar-refractivity contribution is 0.197. The number of anilines is 1. The fourth-order valence-corrected chi connectivity index (χ4v) is 3.58. The molecule has 2 N–H and O–H groups in total. The highest BCUT2D eigenvalue weighted by Gasteiger charge is 2.29. The zero-order valence-corrected chi connectivity index (χ0v) is 15.0. The minimum absolute atomic E-state index is 0.0194. The summed E-state index contributed by atoms with van der Waals surface area (Å²) < 4.78 is 0. The average molecular weight is 337 g/mol. The van der Waals surface area contributed by atoms with E-state index in [1.54, 1.807) is 0 Å². The number of nitrogens with zero attached hydrogens (tertiary/aromatic N) is 1. The third-order valence-electron chi connectivity index (χ3n) is 4.82. The van der Waals surface area contributed by atoms with E-state index in [4.69, 9.17) is 0 Å². The highest BCUT2D eigenvalue weighted by molar-refractivity contribution is 5.89. The van der Waals surface area contributed by atoms with Gasteiger partial charge in [0.2, 0.25) is 0 Å². The van der Waals surface area contributed by atoms with Gasteiger partial charge in [0.25, 0.3) is 0 Å². The zero-order valence-electron chi connectivity index (χ0n) is 15.0. The summed E-state index contributed by atoms with van der Waals surface area (Å²) in [6, 6.07) is 18.4. The number of hydrogen-bond donors (Lipinski definition) is 2. The van der Waals surface area contributed by atoms with Crippen LogP contribution in [0.4, 0.5) is 10.5 Å². The number of rotatable bonds is 5. The molecule has 0 spiro atoms. The maximum absolute atomic E-state index is 12.4. The molecule has 1 saturated heterocycles. The second-order valence-electron chi connectivity index (χ2n) is 6.85. The summed E-state index contributed by atoms with van der Waals surface area (Å²) in [6.45, 7) is 6.30. The molecule has 0 aromatic heterocycles. The van der Waals surface area contributed by atoms with Crippen LogP contribution in [-0.2, 0) is 0 Å². The Morgan fingerprint density at radius 2 is 1.64 bits per heavy atom. The first-order valence-electron chi connectivity index (χ1n) is 9.06. The number of likely N-dealkylation sites (tertiary alicyclic amines) is 1. The first-order chi connectivity index (χ1) is 12.1. The molecule has 1 fully saturated rings. The van der Waals surface area contributed by atoms with Crippen LogP contribution in [-0.4, -0.2) is 30.1 Å². The van der Waals surface area contributed by atoms with Crippen molar-refractivity contribution in [1.29, 1.82) is 0 Å². The molecule has 132 valence electrons. The molecule has 4 heteroatoms. The Balaban J connectivity index is 1.68. The van der Waals surface area contributed by atoms with Crippen molar-refractivity contribution < 1.29 is 4.79 Å². The summed E-state index contributed by atoms with van der Waals surface area (Å²) >= 11 is 0. The molecule has 0 unspecified atom stereocenters. The normalized spacial score (nSPS) is 17.0. The van der Waals surface area contributed by atoms with Crippen LogP contribution in [0, 0.1) is 6.92 Å². The zero-order chi connectivity index (χ0) is 17.6. The molecule has 2 aromatic rings. The Bertz CT molecular complexity index is 678. The average Bonchev–Trinajstić information content (AvgIpc) is 3.12. The van der Waals surface area contributed by atoms with Gasteiger partial charge in [-0.2, -0.15) is 0 Å². The van der Waals surface area contributed by atoms with Crippen molar-refractivity contribution in [2.45, 2.75) is 38.8 Å². The lowest BCUT2D eigenvalue weighted by atomic mass is 9.99. The van der Waals surface area contributed by atoms with Gasteiger partial charge in [0.15, 0.2) is 0 Å². The first-order valence-corrected chi connectivity index (χ1v) is 9.06. The number of hydrogen-bond acceptors (Lipinski definition) is 2. The Labute approximate surface area is 150 Å². The van der Waals surface area contributed by atoms with Crippen molar-refractivity contribution in [3.8, 4) is 0 Å². The minimum Gasteiger partial charge on any atom is -0.333 e. The van der Waals surface area contributed by atoms with E-state index in [0.717, 1.165) is 18.8 Å². The number of benzene rings is 2. The second kappa shape index (κ2) is 8.17. The third-order valence-corrected chi connectivity index (χ3v) is 4.82. The molecule has 1 heterocycles. The van der Waals surface area contributed by atoms with Crippen LogP contribution in [0.5, 0.6) is 0 Å². The Morgan fingerprint density at radius 3 is 2.28 bits per heavy atom. The van der Waals surface area contributed by atoms with Crippen LogP contribution in [0.2, 0.25) is 0 Å². The number of urea groups is 1. The fourth-order valence-electron chi connectivity index (χ4n) is 3.58. The van der Waals surface area contributed by atoms with Crippen LogP contribution < -0.4 is 10.6 Å².